The summed E-state index contributed by atoms with van der Waals surface area (Å²) in [5, 5.41) is 14.8. The van der Waals surface area contributed by atoms with Gasteiger partial charge in [-0.1, -0.05) is 18.3 Å². The van der Waals surface area contributed by atoms with Crippen LogP contribution in [-0.2, 0) is 0 Å². The molecule has 0 amide bonds. The van der Waals surface area contributed by atoms with Crippen LogP contribution in [0.2, 0.25) is 0 Å². The Bertz CT molecular complexity index is 442. The lowest BCUT2D eigenvalue weighted by Crippen LogP contribution is -2.17. The monoisotopic (exact) mass is 263 g/mol. The summed E-state index contributed by atoms with van der Waals surface area (Å²) in [5.41, 5.74) is 0. The molecule has 5 atom stereocenters. The zero-order chi connectivity index (χ0) is 12.3. The second-order valence-corrected chi connectivity index (χ2v) is 7.31. The molecular formula is C14H21N3S. The van der Waals surface area contributed by atoms with Crippen molar-refractivity contribution in [3.63, 3.8) is 0 Å². The Labute approximate surface area is 112 Å². The van der Waals surface area contributed by atoms with Crippen LogP contribution in [0.15, 0.2) is 0 Å². The highest BCUT2D eigenvalue weighted by molar-refractivity contribution is 7.11. The molecule has 0 aromatic carbocycles. The lowest BCUT2D eigenvalue weighted by atomic mass is 10.0. The molecule has 3 aliphatic carbocycles. The summed E-state index contributed by atoms with van der Waals surface area (Å²) in [5.74, 6) is 4.82. The Kier molecular flexibility index (Phi) is 2.53. The number of aromatic nitrogens is 2. The average molecular weight is 263 g/mol. The van der Waals surface area contributed by atoms with Gasteiger partial charge < -0.3 is 5.32 Å². The van der Waals surface area contributed by atoms with Crippen LogP contribution in [0.5, 0.6) is 0 Å². The number of nitrogens with zero attached hydrogens (tertiary/aromatic N) is 2. The first-order chi connectivity index (χ1) is 8.79. The van der Waals surface area contributed by atoms with Gasteiger partial charge in [-0.3, -0.25) is 0 Å². The van der Waals surface area contributed by atoms with E-state index in [0.29, 0.717) is 6.04 Å². The van der Waals surface area contributed by atoms with Crippen molar-refractivity contribution in [2.75, 3.05) is 6.54 Å². The van der Waals surface area contributed by atoms with Crippen molar-refractivity contribution < 1.29 is 0 Å². The lowest BCUT2D eigenvalue weighted by Gasteiger charge is -2.07. The van der Waals surface area contributed by atoms with Gasteiger partial charge in [0.1, 0.15) is 10.0 Å². The third kappa shape index (κ3) is 1.51. The molecule has 1 heterocycles. The highest BCUT2D eigenvalue weighted by atomic mass is 32.1. The van der Waals surface area contributed by atoms with E-state index in [1.807, 2.05) is 11.3 Å². The van der Waals surface area contributed by atoms with Crippen LogP contribution in [0, 0.1) is 23.7 Å². The van der Waals surface area contributed by atoms with Gasteiger partial charge in [0.2, 0.25) is 0 Å². The Morgan fingerprint density at radius 2 is 2.00 bits per heavy atom. The Morgan fingerprint density at radius 3 is 2.67 bits per heavy atom. The summed E-state index contributed by atoms with van der Waals surface area (Å²) in [6, 6.07) is 0.358. The van der Waals surface area contributed by atoms with Crippen molar-refractivity contribution in [1.29, 1.82) is 0 Å². The normalized spacial score (nSPS) is 42.0. The van der Waals surface area contributed by atoms with Gasteiger partial charge in [-0.05, 0) is 56.4 Å². The van der Waals surface area contributed by atoms with Crippen molar-refractivity contribution in [2.45, 2.75) is 45.1 Å². The summed E-state index contributed by atoms with van der Waals surface area (Å²) in [4.78, 5) is 0. The largest absolute Gasteiger partial charge is 0.308 e. The number of fused-ring (bicyclic) bond motifs is 5. The average Bonchev–Trinajstić information content (AvgIpc) is 2.80. The van der Waals surface area contributed by atoms with Crippen LogP contribution < -0.4 is 5.32 Å². The summed E-state index contributed by atoms with van der Waals surface area (Å²) in [6.45, 7) is 5.32. The maximum atomic E-state index is 4.49. The Hall–Kier alpha value is -0.480. The molecule has 0 aliphatic heterocycles. The van der Waals surface area contributed by atoms with Gasteiger partial charge in [-0.15, -0.1) is 10.2 Å². The molecule has 1 N–H and O–H groups in total. The van der Waals surface area contributed by atoms with Gasteiger partial charge in [-0.25, -0.2) is 0 Å². The summed E-state index contributed by atoms with van der Waals surface area (Å²) >= 11 is 1.86. The van der Waals surface area contributed by atoms with E-state index in [4.69, 9.17) is 0 Å². The van der Waals surface area contributed by atoms with E-state index in [2.05, 4.69) is 29.4 Å². The van der Waals surface area contributed by atoms with Crippen molar-refractivity contribution in [3.05, 3.63) is 10.0 Å². The fourth-order valence-corrected chi connectivity index (χ4v) is 5.69. The predicted molar refractivity (Wildman–Crippen MR) is 72.6 cm³/mol. The standard InChI is InChI=1S/C14H21N3S/c1-3-15-7(2)13-16-17-14(18-13)12-10-8-4-5-9(6-8)11(10)12/h7-12,15H,3-6H2,1-2H3. The van der Waals surface area contributed by atoms with E-state index in [9.17, 15) is 0 Å². The minimum absolute atomic E-state index is 0.358. The zero-order valence-electron chi connectivity index (χ0n) is 11.1. The molecule has 0 radical (unpaired) electrons. The molecule has 3 fully saturated rings. The van der Waals surface area contributed by atoms with Gasteiger partial charge in [0.25, 0.3) is 0 Å². The maximum absolute atomic E-state index is 4.49. The first-order valence-electron chi connectivity index (χ1n) is 7.36. The van der Waals surface area contributed by atoms with Gasteiger partial charge in [0, 0.05) is 5.92 Å². The molecule has 3 saturated carbocycles. The van der Waals surface area contributed by atoms with E-state index >= 15 is 0 Å². The molecule has 1 aromatic heterocycles. The van der Waals surface area contributed by atoms with Crippen LogP contribution in [0.25, 0.3) is 0 Å². The van der Waals surface area contributed by atoms with Crippen molar-refractivity contribution in [1.82, 2.24) is 15.5 Å². The van der Waals surface area contributed by atoms with Crippen molar-refractivity contribution in [3.8, 4) is 0 Å². The fraction of sp³-hybridized carbons (Fsp3) is 0.857. The lowest BCUT2D eigenvalue weighted by molar-refractivity contribution is 0.456. The Morgan fingerprint density at radius 1 is 1.28 bits per heavy atom. The molecule has 3 aliphatic rings. The van der Waals surface area contributed by atoms with Gasteiger partial charge in [0.05, 0.1) is 6.04 Å². The van der Waals surface area contributed by atoms with E-state index in [-0.39, 0.29) is 0 Å². The van der Waals surface area contributed by atoms with Crippen LogP contribution in [0.3, 0.4) is 0 Å². The summed E-state index contributed by atoms with van der Waals surface area (Å²) < 4.78 is 0. The highest BCUT2D eigenvalue weighted by Gasteiger charge is 2.66. The van der Waals surface area contributed by atoms with Crippen molar-refractivity contribution >= 4 is 11.3 Å². The van der Waals surface area contributed by atoms with Gasteiger partial charge in [-0.2, -0.15) is 0 Å². The quantitative estimate of drug-likeness (QED) is 0.907. The minimum Gasteiger partial charge on any atom is -0.308 e. The van der Waals surface area contributed by atoms with Gasteiger partial charge >= 0.3 is 0 Å². The first kappa shape index (κ1) is 11.4. The molecule has 4 heteroatoms. The van der Waals surface area contributed by atoms with Crippen molar-refractivity contribution in [2.24, 2.45) is 23.7 Å². The SMILES string of the molecule is CCNC(C)c1nnc(C2C3C4CCC(C4)C23)s1. The molecule has 18 heavy (non-hydrogen) atoms. The van der Waals surface area contributed by atoms with Crippen LogP contribution in [-0.4, -0.2) is 16.7 Å². The smallest absolute Gasteiger partial charge is 0.134 e. The molecule has 4 rings (SSSR count). The second kappa shape index (κ2) is 4.01. The van der Waals surface area contributed by atoms with Crippen LogP contribution in [0.1, 0.15) is 55.1 Å². The molecular weight excluding hydrogens is 242 g/mol. The number of hydrogen-bond donors (Lipinski definition) is 1. The summed E-state index contributed by atoms with van der Waals surface area (Å²) in [6.07, 6.45) is 4.49. The Balaban J connectivity index is 1.51. The highest BCUT2D eigenvalue weighted by Crippen LogP contribution is 2.73. The molecule has 98 valence electrons. The van der Waals surface area contributed by atoms with E-state index < -0.39 is 0 Å². The van der Waals surface area contributed by atoms with E-state index in [0.717, 1.165) is 36.1 Å². The molecule has 1 aromatic rings. The first-order valence-corrected chi connectivity index (χ1v) is 8.18. The maximum Gasteiger partial charge on any atom is 0.134 e. The number of hydrogen-bond acceptors (Lipinski definition) is 4. The molecule has 0 saturated heterocycles. The minimum atomic E-state index is 0.358. The fourth-order valence-electron chi connectivity index (χ4n) is 4.60. The third-order valence-electron chi connectivity index (χ3n) is 5.36. The van der Waals surface area contributed by atoms with E-state index in [1.54, 1.807) is 0 Å². The number of rotatable bonds is 4. The summed E-state index contributed by atoms with van der Waals surface area (Å²) in [7, 11) is 0. The predicted octanol–water partition coefficient (Wildman–Crippen LogP) is 2.97. The molecule has 0 spiro atoms. The molecule has 5 unspecified atom stereocenters. The zero-order valence-corrected chi connectivity index (χ0v) is 11.9. The van der Waals surface area contributed by atoms with Crippen LogP contribution >= 0.6 is 11.3 Å². The third-order valence-corrected chi connectivity index (χ3v) is 6.56. The second-order valence-electron chi connectivity index (χ2n) is 6.27. The molecule has 2 bridgehead atoms. The molecule has 3 nitrogen and oxygen atoms in total. The van der Waals surface area contributed by atoms with E-state index in [1.165, 1.54) is 29.3 Å². The van der Waals surface area contributed by atoms with Gasteiger partial charge in [0.15, 0.2) is 0 Å². The van der Waals surface area contributed by atoms with Crippen LogP contribution in [0.4, 0.5) is 0 Å². The topological polar surface area (TPSA) is 37.8 Å². The number of nitrogens with one attached hydrogen (secondary N) is 1.